The number of imidazole rings is 1. The molecule has 23 heavy (non-hydrogen) atoms. The Bertz CT molecular complexity index is 849. The smallest absolute Gasteiger partial charge is 0.284 e. The van der Waals surface area contributed by atoms with Crippen molar-refractivity contribution in [1.82, 2.24) is 4.98 Å². The molecule has 0 aliphatic carbocycles. The van der Waals surface area contributed by atoms with Crippen LogP contribution in [0.4, 0.5) is 0 Å². The van der Waals surface area contributed by atoms with Gasteiger partial charge in [-0.15, -0.1) is 0 Å². The van der Waals surface area contributed by atoms with Crippen LogP contribution in [0.25, 0.3) is 11.0 Å². The fraction of sp³-hybridized carbons (Fsp3) is 0.350. The molecule has 0 radical (unpaired) electrons. The van der Waals surface area contributed by atoms with Crippen molar-refractivity contribution in [3.63, 3.8) is 0 Å². The van der Waals surface area contributed by atoms with Crippen LogP contribution >= 0.6 is 0 Å². The van der Waals surface area contributed by atoms with Crippen LogP contribution in [0.3, 0.4) is 0 Å². The molecule has 3 nitrogen and oxygen atoms in total. The number of rotatable bonds is 3. The Labute approximate surface area is 137 Å². The summed E-state index contributed by atoms with van der Waals surface area (Å²) in [4.78, 5) is 3.36. The van der Waals surface area contributed by atoms with E-state index >= 15 is 0 Å². The number of nitrogens with zero attached hydrogens (tertiary/aromatic N) is 1. The van der Waals surface area contributed by atoms with Gasteiger partial charge in [-0.05, 0) is 74.6 Å². The van der Waals surface area contributed by atoms with Crippen LogP contribution in [0.1, 0.15) is 46.7 Å². The van der Waals surface area contributed by atoms with E-state index in [1.165, 1.54) is 27.8 Å². The molecular weight excluding hydrogens is 284 g/mol. The van der Waals surface area contributed by atoms with Crippen molar-refractivity contribution >= 4 is 11.0 Å². The van der Waals surface area contributed by atoms with Crippen molar-refractivity contribution in [3.8, 4) is 0 Å². The summed E-state index contributed by atoms with van der Waals surface area (Å²) >= 11 is 0. The van der Waals surface area contributed by atoms with E-state index in [4.69, 9.17) is 0 Å². The summed E-state index contributed by atoms with van der Waals surface area (Å²) in [6, 6.07) is 10.5. The summed E-state index contributed by atoms with van der Waals surface area (Å²) in [6.07, 6.45) is -0.533. The molecule has 2 N–H and O–H groups in total. The van der Waals surface area contributed by atoms with E-state index < -0.39 is 6.10 Å². The number of hydrogen-bond donors (Lipinski definition) is 2. The lowest BCUT2D eigenvalue weighted by molar-refractivity contribution is -0.673. The molecule has 0 saturated heterocycles. The van der Waals surface area contributed by atoms with E-state index in [0.29, 0.717) is 0 Å². The van der Waals surface area contributed by atoms with Crippen molar-refractivity contribution < 1.29 is 9.67 Å². The van der Waals surface area contributed by atoms with Gasteiger partial charge in [0.1, 0.15) is 6.54 Å². The molecule has 1 atom stereocenters. The van der Waals surface area contributed by atoms with E-state index in [-0.39, 0.29) is 0 Å². The van der Waals surface area contributed by atoms with E-state index in [9.17, 15) is 5.11 Å². The highest BCUT2D eigenvalue weighted by Gasteiger charge is 2.23. The molecule has 1 aromatic heterocycles. The zero-order chi connectivity index (χ0) is 16.7. The zero-order valence-electron chi connectivity index (χ0n) is 14.6. The zero-order valence-corrected chi connectivity index (χ0v) is 14.6. The number of aryl methyl sites for hydroxylation is 2. The number of hydrogen-bond acceptors (Lipinski definition) is 1. The van der Waals surface area contributed by atoms with Crippen LogP contribution in [0.5, 0.6) is 0 Å². The largest absolute Gasteiger partial charge is 0.381 e. The summed E-state index contributed by atoms with van der Waals surface area (Å²) in [5, 5.41) is 10.2. The fourth-order valence-electron chi connectivity index (χ4n) is 3.34. The molecule has 3 heteroatoms. The van der Waals surface area contributed by atoms with Crippen LogP contribution in [-0.4, -0.2) is 10.1 Å². The lowest BCUT2D eigenvalue weighted by Gasteiger charge is -2.15. The van der Waals surface area contributed by atoms with Gasteiger partial charge >= 0.3 is 0 Å². The van der Waals surface area contributed by atoms with Crippen molar-refractivity contribution in [3.05, 3.63) is 64.0 Å². The topological polar surface area (TPSA) is 39.9 Å². The van der Waals surface area contributed by atoms with E-state index in [1.807, 2.05) is 19.1 Å². The lowest BCUT2D eigenvalue weighted by atomic mass is 9.94. The second-order valence-electron chi connectivity index (χ2n) is 6.53. The average Bonchev–Trinajstić information content (AvgIpc) is 2.88. The van der Waals surface area contributed by atoms with Crippen molar-refractivity contribution in [2.45, 2.75) is 47.3 Å². The maximum absolute atomic E-state index is 10.2. The van der Waals surface area contributed by atoms with Gasteiger partial charge in [-0.3, -0.25) is 0 Å². The van der Waals surface area contributed by atoms with Gasteiger partial charge in [0.05, 0.1) is 0 Å². The Morgan fingerprint density at radius 3 is 2.26 bits per heavy atom. The minimum absolute atomic E-state index is 0.533. The first kappa shape index (κ1) is 15.8. The molecule has 3 rings (SSSR count). The third-order valence-corrected chi connectivity index (χ3v) is 4.98. The second-order valence-corrected chi connectivity index (χ2v) is 6.53. The molecule has 0 fully saturated rings. The van der Waals surface area contributed by atoms with E-state index in [2.05, 4.69) is 55.4 Å². The first-order chi connectivity index (χ1) is 10.9. The van der Waals surface area contributed by atoms with Gasteiger partial charge in [0, 0.05) is 0 Å². The normalized spacial score (nSPS) is 12.8. The molecule has 1 unspecified atom stereocenters. The van der Waals surface area contributed by atoms with Gasteiger partial charge in [0.2, 0.25) is 0 Å². The van der Waals surface area contributed by atoms with Crippen molar-refractivity contribution in [1.29, 1.82) is 0 Å². The van der Waals surface area contributed by atoms with Crippen molar-refractivity contribution in [2.24, 2.45) is 0 Å². The number of para-hydroxylation sites is 2. The number of fused-ring (bicyclic) bond motifs is 1. The van der Waals surface area contributed by atoms with Crippen molar-refractivity contribution in [2.75, 3.05) is 0 Å². The van der Waals surface area contributed by atoms with Crippen LogP contribution in [0.2, 0.25) is 0 Å². The van der Waals surface area contributed by atoms with Gasteiger partial charge in [-0.25, -0.2) is 9.55 Å². The maximum atomic E-state index is 10.2. The molecule has 120 valence electrons. The van der Waals surface area contributed by atoms with Gasteiger partial charge in [0.15, 0.2) is 17.1 Å². The SMILES string of the molecule is Cc1cc(C)c(C)c(C[n+]2c(C(C)O)[nH]c3ccccc32)c1C. The second kappa shape index (κ2) is 5.82. The highest BCUT2D eigenvalue weighted by atomic mass is 16.3. The molecule has 0 amide bonds. The summed E-state index contributed by atoms with van der Waals surface area (Å²) < 4.78 is 2.20. The number of aliphatic hydroxyl groups is 1. The third-order valence-electron chi connectivity index (χ3n) is 4.98. The summed E-state index contributed by atoms with van der Waals surface area (Å²) in [7, 11) is 0. The Morgan fingerprint density at radius 1 is 1.04 bits per heavy atom. The van der Waals surface area contributed by atoms with E-state index in [0.717, 1.165) is 23.4 Å². The quantitative estimate of drug-likeness (QED) is 0.710. The maximum Gasteiger partial charge on any atom is 0.284 e. The Kier molecular flexibility index (Phi) is 3.99. The van der Waals surface area contributed by atoms with Crippen LogP contribution in [0, 0.1) is 27.7 Å². The van der Waals surface area contributed by atoms with Gasteiger partial charge in [-0.1, -0.05) is 18.2 Å². The van der Waals surface area contributed by atoms with Crippen LogP contribution in [0.15, 0.2) is 30.3 Å². The van der Waals surface area contributed by atoms with Gasteiger partial charge in [0.25, 0.3) is 5.82 Å². The standard InChI is InChI=1S/C20H24N2O/c1-12-10-13(2)15(4)17(14(12)3)11-22-19-9-7-6-8-18(19)21-20(22)16(5)23/h6-10,16,23H,11H2,1-5H3/p+1. The molecule has 3 aromatic rings. The van der Waals surface area contributed by atoms with Crippen LogP contribution in [-0.2, 0) is 6.54 Å². The number of H-pyrrole nitrogens is 1. The minimum atomic E-state index is -0.533. The van der Waals surface area contributed by atoms with Gasteiger partial charge in [-0.2, -0.15) is 0 Å². The first-order valence-electron chi connectivity index (χ1n) is 8.15. The number of aliphatic hydroxyl groups excluding tert-OH is 1. The molecule has 0 saturated carbocycles. The van der Waals surface area contributed by atoms with Gasteiger partial charge < -0.3 is 5.11 Å². The number of nitrogens with one attached hydrogen (secondary N) is 1. The van der Waals surface area contributed by atoms with Crippen LogP contribution < -0.4 is 4.57 Å². The monoisotopic (exact) mass is 309 g/mol. The molecule has 0 aliphatic rings. The number of benzene rings is 2. The molecule has 1 heterocycles. The molecule has 0 bridgehead atoms. The third kappa shape index (κ3) is 2.66. The summed E-state index contributed by atoms with van der Waals surface area (Å²) in [6.45, 7) is 11.3. The number of aromatic amines is 1. The number of aromatic nitrogens is 2. The minimum Gasteiger partial charge on any atom is -0.381 e. The predicted octanol–water partition coefficient (Wildman–Crippen LogP) is 3.79. The summed E-state index contributed by atoms with van der Waals surface area (Å²) in [5.41, 5.74) is 8.85. The average molecular weight is 309 g/mol. The molecule has 0 spiro atoms. The van der Waals surface area contributed by atoms with E-state index in [1.54, 1.807) is 0 Å². The Morgan fingerprint density at radius 2 is 1.65 bits per heavy atom. The Hall–Kier alpha value is -2.13. The Balaban J connectivity index is 2.21. The predicted molar refractivity (Wildman–Crippen MR) is 93.6 cm³/mol. The molecule has 0 aliphatic heterocycles. The molecular formula is C20H25N2O+. The highest BCUT2D eigenvalue weighted by Crippen LogP contribution is 2.23. The first-order valence-corrected chi connectivity index (χ1v) is 8.15. The molecule has 2 aromatic carbocycles. The highest BCUT2D eigenvalue weighted by molar-refractivity contribution is 5.71. The lowest BCUT2D eigenvalue weighted by Crippen LogP contribution is -2.39. The fourth-order valence-corrected chi connectivity index (χ4v) is 3.34. The summed E-state index contributed by atoms with van der Waals surface area (Å²) in [5.74, 6) is 0.851.